The summed E-state index contributed by atoms with van der Waals surface area (Å²) in [5.74, 6) is -0.510. The molecule has 0 spiro atoms. The van der Waals surface area contributed by atoms with E-state index in [1.54, 1.807) is 0 Å². The highest BCUT2D eigenvalue weighted by atomic mass is 79.9. The smallest absolute Gasteiger partial charge is 0.249 e. The average Bonchev–Trinajstić information content (AvgIpc) is 2.44. The molecule has 1 heterocycles. The van der Waals surface area contributed by atoms with Gasteiger partial charge in [-0.05, 0) is 37.6 Å². The Morgan fingerprint density at radius 1 is 1.43 bits per heavy atom. The molecule has 2 amide bonds. The SMILES string of the molecule is CCCNCc1ccc(Br)cc1N1CC(=O)NC(=O)C1C. The van der Waals surface area contributed by atoms with Gasteiger partial charge in [0.05, 0.1) is 6.54 Å². The number of piperazine rings is 1. The lowest BCUT2D eigenvalue weighted by atomic mass is 10.1. The van der Waals surface area contributed by atoms with E-state index in [0.29, 0.717) is 0 Å². The van der Waals surface area contributed by atoms with Gasteiger partial charge in [0.25, 0.3) is 0 Å². The van der Waals surface area contributed by atoms with E-state index < -0.39 is 0 Å². The van der Waals surface area contributed by atoms with Gasteiger partial charge in [-0.3, -0.25) is 14.9 Å². The van der Waals surface area contributed by atoms with Gasteiger partial charge in [0.1, 0.15) is 6.04 Å². The molecule has 2 N–H and O–H groups in total. The van der Waals surface area contributed by atoms with Gasteiger partial charge in [0.15, 0.2) is 0 Å². The van der Waals surface area contributed by atoms with Crippen molar-refractivity contribution < 1.29 is 9.59 Å². The predicted octanol–water partition coefficient (Wildman–Crippen LogP) is 1.80. The second kappa shape index (κ2) is 7.04. The summed E-state index contributed by atoms with van der Waals surface area (Å²) in [6.07, 6.45) is 1.06. The first-order valence-electron chi connectivity index (χ1n) is 7.12. The topological polar surface area (TPSA) is 61.4 Å². The number of benzene rings is 1. The predicted molar refractivity (Wildman–Crippen MR) is 86.1 cm³/mol. The first kappa shape index (κ1) is 16.0. The van der Waals surface area contributed by atoms with Crippen LogP contribution in [0.25, 0.3) is 0 Å². The third-order valence-corrected chi connectivity index (χ3v) is 4.02. The zero-order valence-corrected chi connectivity index (χ0v) is 13.9. The number of nitrogens with zero attached hydrogens (tertiary/aromatic N) is 1. The number of rotatable bonds is 5. The summed E-state index contributed by atoms with van der Waals surface area (Å²) in [6, 6.07) is 5.60. The number of carbonyl (C=O) groups is 2. The summed E-state index contributed by atoms with van der Waals surface area (Å²) in [6.45, 7) is 5.78. The largest absolute Gasteiger partial charge is 0.350 e. The number of carbonyl (C=O) groups excluding carboxylic acids is 2. The molecule has 0 radical (unpaired) electrons. The highest BCUT2D eigenvalue weighted by molar-refractivity contribution is 9.10. The minimum absolute atomic E-state index is 0.199. The van der Waals surface area contributed by atoms with Crippen LogP contribution in [0.3, 0.4) is 0 Å². The van der Waals surface area contributed by atoms with Crippen molar-refractivity contribution in [2.24, 2.45) is 0 Å². The molecule has 1 unspecified atom stereocenters. The van der Waals surface area contributed by atoms with E-state index in [0.717, 1.165) is 35.2 Å². The summed E-state index contributed by atoms with van der Waals surface area (Å²) in [4.78, 5) is 25.4. The van der Waals surface area contributed by atoms with Crippen LogP contribution in [0, 0.1) is 0 Å². The molecule has 2 rings (SSSR count). The van der Waals surface area contributed by atoms with Crippen LogP contribution in [-0.4, -0.2) is 30.9 Å². The van der Waals surface area contributed by atoms with Crippen LogP contribution in [0.4, 0.5) is 5.69 Å². The van der Waals surface area contributed by atoms with Crippen LogP contribution in [-0.2, 0) is 16.1 Å². The number of imide groups is 1. The highest BCUT2D eigenvalue weighted by Gasteiger charge is 2.31. The molecule has 21 heavy (non-hydrogen) atoms. The fraction of sp³-hybridized carbons (Fsp3) is 0.467. The number of amides is 2. The van der Waals surface area contributed by atoms with Crippen molar-refractivity contribution >= 4 is 33.4 Å². The van der Waals surface area contributed by atoms with Crippen molar-refractivity contribution in [3.63, 3.8) is 0 Å². The Morgan fingerprint density at radius 3 is 2.90 bits per heavy atom. The minimum atomic E-state index is -0.359. The minimum Gasteiger partial charge on any atom is -0.350 e. The Morgan fingerprint density at radius 2 is 2.19 bits per heavy atom. The second-order valence-corrected chi connectivity index (χ2v) is 6.08. The summed E-state index contributed by atoms with van der Waals surface area (Å²) in [5.41, 5.74) is 2.00. The van der Waals surface area contributed by atoms with Crippen LogP contribution in [0.15, 0.2) is 22.7 Å². The van der Waals surface area contributed by atoms with Crippen molar-refractivity contribution in [1.82, 2.24) is 10.6 Å². The molecule has 5 nitrogen and oxygen atoms in total. The Bertz CT molecular complexity index is 548. The third-order valence-electron chi connectivity index (χ3n) is 3.52. The normalized spacial score (nSPS) is 18.8. The molecular formula is C15H20BrN3O2. The lowest BCUT2D eigenvalue weighted by molar-refractivity contribution is -0.132. The number of halogens is 1. The van der Waals surface area contributed by atoms with Gasteiger partial charge in [0, 0.05) is 16.7 Å². The molecule has 0 bridgehead atoms. The van der Waals surface area contributed by atoms with Crippen LogP contribution in [0.5, 0.6) is 0 Å². The summed E-state index contributed by atoms with van der Waals surface area (Å²) in [7, 11) is 0. The van der Waals surface area contributed by atoms with Crippen LogP contribution < -0.4 is 15.5 Å². The van der Waals surface area contributed by atoms with E-state index >= 15 is 0 Å². The van der Waals surface area contributed by atoms with Gasteiger partial charge in [-0.2, -0.15) is 0 Å². The monoisotopic (exact) mass is 353 g/mol. The summed E-state index contributed by atoms with van der Waals surface area (Å²) < 4.78 is 0.933. The van der Waals surface area contributed by atoms with Crippen molar-refractivity contribution in [2.75, 3.05) is 18.0 Å². The molecule has 0 aliphatic carbocycles. The van der Waals surface area contributed by atoms with Gasteiger partial charge in [-0.15, -0.1) is 0 Å². The van der Waals surface area contributed by atoms with E-state index in [9.17, 15) is 9.59 Å². The Labute approximate surface area is 133 Å². The molecular weight excluding hydrogens is 334 g/mol. The van der Waals surface area contributed by atoms with Gasteiger partial charge >= 0.3 is 0 Å². The lowest BCUT2D eigenvalue weighted by Gasteiger charge is -2.35. The molecule has 1 aliphatic rings. The molecule has 1 fully saturated rings. The first-order valence-corrected chi connectivity index (χ1v) is 7.91. The summed E-state index contributed by atoms with van der Waals surface area (Å²) >= 11 is 3.46. The van der Waals surface area contributed by atoms with Crippen molar-refractivity contribution in [2.45, 2.75) is 32.9 Å². The number of hydrogen-bond donors (Lipinski definition) is 2. The molecule has 1 atom stereocenters. The third kappa shape index (κ3) is 3.83. The lowest BCUT2D eigenvalue weighted by Crippen LogP contribution is -2.57. The van der Waals surface area contributed by atoms with Gasteiger partial charge in [-0.1, -0.05) is 28.9 Å². The van der Waals surface area contributed by atoms with Crippen molar-refractivity contribution in [3.8, 4) is 0 Å². The fourth-order valence-electron chi connectivity index (χ4n) is 2.36. The Kier molecular flexibility index (Phi) is 5.36. The molecule has 1 aromatic rings. The van der Waals surface area contributed by atoms with E-state index in [4.69, 9.17) is 0 Å². The van der Waals surface area contributed by atoms with Gasteiger partial charge in [-0.25, -0.2) is 0 Å². The van der Waals surface area contributed by atoms with Crippen molar-refractivity contribution in [1.29, 1.82) is 0 Å². The Hall–Kier alpha value is -1.40. The van der Waals surface area contributed by atoms with E-state index in [2.05, 4.69) is 33.5 Å². The molecule has 114 valence electrons. The maximum Gasteiger partial charge on any atom is 0.249 e. The summed E-state index contributed by atoms with van der Waals surface area (Å²) in [5, 5.41) is 5.73. The average molecular weight is 354 g/mol. The standard InChI is InChI=1S/C15H20BrN3O2/c1-3-6-17-8-11-4-5-12(16)7-13(11)19-9-14(20)18-15(21)10(19)2/h4-5,7,10,17H,3,6,8-9H2,1-2H3,(H,18,20,21). The van der Waals surface area contributed by atoms with Crippen LogP contribution in [0.2, 0.25) is 0 Å². The van der Waals surface area contributed by atoms with E-state index in [-0.39, 0.29) is 24.4 Å². The first-order chi connectivity index (χ1) is 10.0. The van der Waals surface area contributed by atoms with Crippen LogP contribution >= 0.6 is 15.9 Å². The fourth-order valence-corrected chi connectivity index (χ4v) is 2.71. The maximum atomic E-state index is 11.8. The van der Waals surface area contributed by atoms with Crippen molar-refractivity contribution in [3.05, 3.63) is 28.2 Å². The molecule has 1 saturated heterocycles. The molecule has 1 aliphatic heterocycles. The highest BCUT2D eigenvalue weighted by Crippen LogP contribution is 2.27. The Balaban J connectivity index is 2.29. The van der Waals surface area contributed by atoms with Crippen LogP contribution in [0.1, 0.15) is 25.8 Å². The molecule has 1 aromatic carbocycles. The zero-order chi connectivity index (χ0) is 15.4. The number of nitrogens with one attached hydrogen (secondary N) is 2. The number of anilines is 1. The molecule has 0 aromatic heterocycles. The second-order valence-electron chi connectivity index (χ2n) is 5.17. The van der Waals surface area contributed by atoms with Gasteiger partial charge in [0.2, 0.25) is 11.8 Å². The zero-order valence-electron chi connectivity index (χ0n) is 12.3. The van der Waals surface area contributed by atoms with E-state index in [1.807, 2.05) is 30.0 Å². The van der Waals surface area contributed by atoms with E-state index in [1.165, 1.54) is 0 Å². The molecule has 6 heteroatoms. The molecule has 0 saturated carbocycles. The number of hydrogen-bond acceptors (Lipinski definition) is 4. The van der Waals surface area contributed by atoms with Gasteiger partial charge < -0.3 is 10.2 Å². The quantitative estimate of drug-likeness (QED) is 0.625. The maximum absolute atomic E-state index is 11.8.